The van der Waals surface area contributed by atoms with Crippen LogP contribution in [0.4, 0.5) is 0 Å². The fourth-order valence-corrected chi connectivity index (χ4v) is 3.15. The summed E-state index contributed by atoms with van der Waals surface area (Å²) in [7, 11) is 1.59. The number of hydrogen-bond donors (Lipinski definition) is 3. The summed E-state index contributed by atoms with van der Waals surface area (Å²) < 4.78 is 16.8. The van der Waals surface area contributed by atoms with Crippen LogP contribution < -0.4 is 20.1 Å². The molecule has 2 aromatic carbocycles. The quantitative estimate of drug-likeness (QED) is 0.370. The smallest absolute Gasteiger partial charge is 0.191 e. The first-order chi connectivity index (χ1) is 14.7. The summed E-state index contributed by atoms with van der Waals surface area (Å²) in [6.07, 6.45) is 0. The number of aliphatic imine (C=N–C) groups is 1. The Morgan fingerprint density at radius 1 is 1.13 bits per heavy atom. The molecular formula is C23H29N3O4. The molecule has 7 nitrogen and oxygen atoms in total. The first-order valence-electron chi connectivity index (χ1n) is 10.1. The number of furan rings is 1. The van der Waals surface area contributed by atoms with Crippen molar-refractivity contribution in [2.45, 2.75) is 26.9 Å². The van der Waals surface area contributed by atoms with Crippen LogP contribution in [0.2, 0.25) is 0 Å². The molecule has 0 amide bonds. The summed E-state index contributed by atoms with van der Waals surface area (Å²) >= 11 is 0. The van der Waals surface area contributed by atoms with Gasteiger partial charge in [0.05, 0.1) is 26.8 Å². The Morgan fingerprint density at radius 3 is 2.70 bits per heavy atom. The molecule has 0 aliphatic rings. The van der Waals surface area contributed by atoms with Gasteiger partial charge >= 0.3 is 0 Å². The third kappa shape index (κ3) is 5.24. The molecule has 0 atom stereocenters. The van der Waals surface area contributed by atoms with E-state index in [9.17, 15) is 0 Å². The van der Waals surface area contributed by atoms with Crippen molar-refractivity contribution >= 4 is 16.9 Å². The Balaban J connectivity index is 1.68. The van der Waals surface area contributed by atoms with Crippen molar-refractivity contribution in [3.63, 3.8) is 0 Å². The maximum Gasteiger partial charge on any atom is 0.191 e. The van der Waals surface area contributed by atoms with Crippen LogP contribution in [-0.2, 0) is 13.1 Å². The lowest BCUT2D eigenvalue weighted by Crippen LogP contribution is -2.36. The Bertz CT molecular complexity index is 997. The molecular weight excluding hydrogens is 382 g/mol. The Labute approximate surface area is 176 Å². The van der Waals surface area contributed by atoms with Crippen molar-refractivity contribution in [3.8, 4) is 11.5 Å². The number of benzene rings is 2. The summed E-state index contributed by atoms with van der Waals surface area (Å²) in [5, 5.41) is 16.7. The average Bonchev–Trinajstić information content (AvgIpc) is 3.10. The zero-order valence-corrected chi connectivity index (χ0v) is 17.7. The molecule has 3 N–H and O–H groups in total. The molecule has 3 aromatic rings. The van der Waals surface area contributed by atoms with Gasteiger partial charge in [-0.15, -0.1) is 0 Å². The largest absolute Gasteiger partial charge is 0.493 e. The summed E-state index contributed by atoms with van der Waals surface area (Å²) in [4.78, 5) is 4.67. The zero-order chi connectivity index (χ0) is 21.3. The van der Waals surface area contributed by atoms with E-state index >= 15 is 0 Å². The second-order valence-electron chi connectivity index (χ2n) is 6.75. The Morgan fingerprint density at radius 2 is 1.97 bits per heavy atom. The van der Waals surface area contributed by atoms with E-state index in [0.29, 0.717) is 30.5 Å². The van der Waals surface area contributed by atoms with Gasteiger partial charge in [-0.05, 0) is 37.6 Å². The number of hydrogen-bond acceptors (Lipinski definition) is 5. The van der Waals surface area contributed by atoms with E-state index in [-0.39, 0.29) is 13.2 Å². The molecule has 7 heteroatoms. The van der Waals surface area contributed by atoms with Crippen LogP contribution in [0.3, 0.4) is 0 Å². The number of fused-ring (bicyclic) bond motifs is 1. The lowest BCUT2D eigenvalue weighted by Gasteiger charge is -2.12. The molecule has 1 aromatic heterocycles. The number of nitrogens with one attached hydrogen (secondary N) is 2. The number of aliphatic hydroxyl groups excluding tert-OH is 1. The van der Waals surface area contributed by atoms with E-state index in [1.165, 1.54) is 0 Å². The Hall–Kier alpha value is -3.19. The highest BCUT2D eigenvalue weighted by atomic mass is 16.5. The third-order valence-electron chi connectivity index (χ3n) is 4.70. The van der Waals surface area contributed by atoms with Crippen LogP contribution >= 0.6 is 0 Å². The number of aliphatic hydroxyl groups is 1. The van der Waals surface area contributed by atoms with Gasteiger partial charge in [0.15, 0.2) is 17.5 Å². The highest BCUT2D eigenvalue weighted by Crippen LogP contribution is 2.28. The van der Waals surface area contributed by atoms with E-state index in [0.717, 1.165) is 34.4 Å². The minimum atomic E-state index is -0.0440. The van der Waals surface area contributed by atoms with Crippen molar-refractivity contribution in [2.24, 2.45) is 4.99 Å². The highest BCUT2D eigenvalue weighted by molar-refractivity contribution is 5.83. The van der Waals surface area contributed by atoms with Gasteiger partial charge in [-0.2, -0.15) is 0 Å². The summed E-state index contributed by atoms with van der Waals surface area (Å²) in [5.74, 6) is 2.82. The molecule has 0 aliphatic carbocycles. The highest BCUT2D eigenvalue weighted by Gasteiger charge is 2.10. The van der Waals surface area contributed by atoms with E-state index in [1.807, 2.05) is 43.3 Å². The summed E-state index contributed by atoms with van der Waals surface area (Å²) in [6.45, 7) is 6.05. The molecule has 1 heterocycles. The monoisotopic (exact) mass is 411 g/mol. The minimum absolute atomic E-state index is 0.0440. The zero-order valence-electron chi connectivity index (χ0n) is 17.7. The van der Waals surface area contributed by atoms with Crippen molar-refractivity contribution in [2.75, 3.05) is 26.9 Å². The van der Waals surface area contributed by atoms with Gasteiger partial charge in [0.2, 0.25) is 0 Å². The first kappa shape index (κ1) is 21.5. The fourth-order valence-electron chi connectivity index (χ4n) is 3.15. The lowest BCUT2D eigenvalue weighted by molar-refractivity contribution is 0.196. The number of guanidine groups is 1. The molecule has 30 heavy (non-hydrogen) atoms. The number of methoxy groups -OCH3 is 1. The molecule has 0 saturated heterocycles. The van der Waals surface area contributed by atoms with Gasteiger partial charge in [0, 0.05) is 17.5 Å². The molecule has 0 aliphatic heterocycles. The molecule has 3 rings (SSSR count). The molecule has 0 bridgehead atoms. The van der Waals surface area contributed by atoms with Crippen LogP contribution in [0.1, 0.15) is 23.8 Å². The van der Waals surface area contributed by atoms with Crippen LogP contribution in [0.25, 0.3) is 11.0 Å². The van der Waals surface area contributed by atoms with Crippen LogP contribution in [0.5, 0.6) is 11.5 Å². The van der Waals surface area contributed by atoms with Crippen LogP contribution in [0, 0.1) is 6.92 Å². The average molecular weight is 412 g/mol. The molecule has 0 saturated carbocycles. The first-order valence-corrected chi connectivity index (χ1v) is 10.1. The molecule has 160 valence electrons. The van der Waals surface area contributed by atoms with Gasteiger partial charge in [0.1, 0.15) is 18.0 Å². The number of rotatable bonds is 9. The standard InChI is InChI=1S/C23H29N3O4/c1-4-24-23(26-15-22-16(2)18-7-5-6-8-19(18)30-22)25-14-17-9-10-20(29-12-11-27)21(13-17)28-3/h5-10,13,27H,4,11-12,14-15H2,1-3H3,(H2,24,25,26). The van der Waals surface area contributed by atoms with Crippen molar-refractivity contribution in [1.82, 2.24) is 10.6 Å². The summed E-state index contributed by atoms with van der Waals surface area (Å²) in [6, 6.07) is 13.7. The number of aryl methyl sites for hydroxylation is 1. The molecule has 0 spiro atoms. The summed E-state index contributed by atoms with van der Waals surface area (Å²) in [5.41, 5.74) is 3.02. The van der Waals surface area contributed by atoms with Crippen molar-refractivity contribution in [1.29, 1.82) is 0 Å². The van der Waals surface area contributed by atoms with Gasteiger partial charge < -0.3 is 29.6 Å². The second-order valence-corrected chi connectivity index (χ2v) is 6.75. The van der Waals surface area contributed by atoms with Gasteiger partial charge in [-0.3, -0.25) is 0 Å². The van der Waals surface area contributed by atoms with Gasteiger partial charge in [-0.25, -0.2) is 4.99 Å². The van der Waals surface area contributed by atoms with Gasteiger partial charge in [-0.1, -0.05) is 24.3 Å². The topological polar surface area (TPSA) is 88.3 Å². The van der Waals surface area contributed by atoms with E-state index in [4.69, 9.17) is 19.0 Å². The van der Waals surface area contributed by atoms with E-state index in [1.54, 1.807) is 7.11 Å². The Kier molecular flexibility index (Phi) is 7.57. The van der Waals surface area contributed by atoms with Gasteiger partial charge in [0.25, 0.3) is 0 Å². The van der Waals surface area contributed by atoms with Crippen molar-refractivity contribution in [3.05, 3.63) is 59.4 Å². The van der Waals surface area contributed by atoms with Crippen LogP contribution in [0.15, 0.2) is 51.9 Å². The molecule has 0 unspecified atom stereocenters. The lowest BCUT2D eigenvalue weighted by atomic mass is 10.1. The predicted molar refractivity (Wildman–Crippen MR) is 118 cm³/mol. The minimum Gasteiger partial charge on any atom is -0.493 e. The SMILES string of the molecule is CCNC(=NCc1ccc(OCCO)c(OC)c1)NCc1oc2ccccc2c1C. The molecule has 0 radical (unpaired) electrons. The predicted octanol–water partition coefficient (Wildman–Crippen LogP) is 3.38. The number of ether oxygens (including phenoxy) is 2. The number of nitrogens with zero attached hydrogens (tertiary/aromatic N) is 1. The van der Waals surface area contributed by atoms with Crippen LogP contribution in [-0.4, -0.2) is 37.9 Å². The number of para-hydroxylation sites is 1. The normalized spacial score (nSPS) is 11.5. The molecule has 0 fully saturated rings. The van der Waals surface area contributed by atoms with E-state index < -0.39 is 0 Å². The fraction of sp³-hybridized carbons (Fsp3) is 0.348. The maximum atomic E-state index is 8.93. The third-order valence-corrected chi connectivity index (χ3v) is 4.70. The van der Waals surface area contributed by atoms with Crippen molar-refractivity contribution < 1.29 is 19.0 Å². The van der Waals surface area contributed by atoms with E-state index in [2.05, 4.69) is 28.6 Å². The maximum absolute atomic E-state index is 8.93. The second kappa shape index (κ2) is 10.5.